The van der Waals surface area contributed by atoms with Gasteiger partial charge in [0.1, 0.15) is 6.17 Å². The van der Waals surface area contributed by atoms with Crippen LogP contribution < -0.4 is 5.73 Å². The largest absolute Gasteiger partial charge is 0.330 e. The fraction of sp³-hybridized carbons (Fsp3) is 0.875. The van der Waals surface area contributed by atoms with Gasteiger partial charge in [-0.3, -0.25) is 0 Å². The molecule has 1 aliphatic rings. The molecular weight excluding hydrogens is 143 g/mol. The molecule has 1 saturated carbocycles. The normalized spacial score (nSPS) is 38.1. The van der Waals surface area contributed by atoms with Crippen LogP contribution in [0.2, 0.25) is 0 Å². The van der Waals surface area contributed by atoms with Gasteiger partial charge in [0.25, 0.3) is 0 Å². The Bertz CT molecular complexity index is 164. The summed E-state index contributed by atoms with van der Waals surface area (Å²) >= 11 is 0. The second-order valence-corrected chi connectivity index (χ2v) is 3.17. The highest BCUT2D eigenvalue weighted by Gasteiger charge is 2.29. The Morgan fingerprint density at radius 1 is 1.55 bits per heavy atom. The molecule has 0 aliphatic heterocycles. The van der Waals surface area contributed by atoms with Gasteiger partial charge >= 0.3 is 0 Å². The Hall–Kier alpha value is -0.620. The second-order valence-electron chi connectivity index (χ2n) is 3.17. The number of nitrogens with zero attached hydrogens (tertiary/aromatic N) is 1. The van der Waals surface area contributed by atoms with E-state index in [0.29, 0.717) is 25.3 Å². The Morgan fingerprint density at radius 3 is 2.82 bits per heavy atom. The van der Waals surface area contributed by atoms with Crippen LogP contribution in [-0.4, -0.2) is 12.7 Å². The molecule has 0 bridgehead atoms. The molecule has 11 heavy (non-hydrogen) atoms. The maximum Gasteiger partial charge on any atom is 0.116 e. The summed E-state index contributed by atoms with van der Waals surface area (Å²) in [5, 5.41) is 8.54. The predicted octanol–water partition coefficient (Wildman–Crippen LogP) is 1.22. The van der Waals surface area contributed by atoms with Crippen molar-refractivity contribution in [1.29, 1.82) is 5.26 Å². The van der Waals surface area contributed by atoms with Crippen LogP contribution in [0.15, 0.2) is 0 Å². The first-order valence-corrected chi connectivity index (χ1v) is 4.01. The van der Waals surface area contributed by atoms with Crippen molar-refractivity contribution in [3.8, 4) is 6.07 Å². The zero-order valence-electron chi connectivity index (χ0n) is 6.46. The van der Waals surface area contributed by atoms with Crippen molar-refractivity contribution in [2.24, 2.45) is 17.6 Å². The molecule has 0 radical (unpaired) electrons. The lowest BCUT2D eigenvalue weighted by Gasteiger charge is -2.26. The van der Waals surface area contributed by atoms with Crippen molar-refractivity contribution < 1.29 is 4.39 Å². The van der Waals surface area contributed by atoms with Gasteiger partial charge in [0, 0.05) is 0 Å². The quantitative estimate of drug-likeness (QED) is 0.620. The fourth-order valence-electron chi connectivity index (χ4n) is 1.57. The van der Waals surface area contributed by atoms with Crippen LogP contribution in [0.3, 0.4) is 0 Å². The van der Waals surface area contributed by atoms with Gasteiger partial charge in [-0.25, -0.2) is 4.39 Å². The third kappa shape index (κ3) is 1.90. The summed E-state index contributed by atoms with van der Waals surface area (Å²) in [6, 6.07) is 1.99. The van der Waals surface area contributed by atoms with Crippen LogP contribution in [0.5, 0.6) is 0 Å². The average molecular weight is 156 g/mol. The number of alkyl halides is 1. The zero-order chi connectivity index (χ0) is 8.27. The van der Waals surface area contributed by atoms with Crippen molar-refractivity contribution in [2.75, 3.05) is 6.54 Å². The minimum absolute atomic E-state index is 0.367. The van der Waals surface area contributed by atoms with Crippen LogP contribution in [0.4, 0.5) is 4.39 Å². The number of hydrogen-bond acceptors (Lipinski definition) is 2. The first-order valence-electron chi connectivity index (χ1n) is 4.01. The lowest BCUT2D eigenvalue weighted by molar-refractivity contribution is 0.165. The molecule has 1 fully saturated rings. The second kappa shape index (κ2) is 3.68. The van der Waals surface area contributed by atoms with Gasteiger partial charge in [0.2, 0.25) is 0 Å². The Labute approximate surface area is 66.2 Å². The Kier molecular flexibility index (Phi) is 2.84. The molecule has 0 aromatic carbocycles. The van der Waals surface area contributed by atoms with Gasteiger partial charge in [0.05, 0.1) is 12.0 Å². The van der Waals surface area contributed by atoms with Crippen LogP contribution >= 0.6 is 0 Å². The topological polar surface area (TPSA) is 49.8 Å². The molecule has 1 aliphatic carbocycles. The van der Waals surface area contributed by atoms with Crippen LogP contribution in [-0.2, 0) is 0 Å². The fourth-order valence-corrected chi connectivity index (χ4v) is 1.57. The van der Waals surface area contributed by atoms with Gasteiger partial charge in [0.15, 0.2) is 0 Å². The van der Waals surface area contributed by atoms with Crippen LogP contribution in [0, 0.1) is 23.2 Å². The molecular formula is C8H13FN2. The molecule has 0 heterocycles. The van der Waals surface area contributed by atoms with E-state index in [2.05, 4.69) is 0 Å². The summed E-state index contributed by atoms with van der Waals surface area (Å²) in [6.45, 7) is 0.588. The van der Waals surface area contributed by atoms with E-state index in [9.17, 15) is 4.39 Å². The molecule has 1 rings (SSSR count). The van der Waals surface area contributed by atoms with Crippen molar-refractivity contribution in [3.05, 3.63) is 0 Å². The highest BCUT2D eigenvalue weighted by atomic mass is 19.1. The summed E-state index contributed by atoms with van der Waals surface area (Å²) < 4.78 is 12.9. The summed E-state index contributed by atoms with van der Waals surface area (Å²) in [5.74, 6) is -0.0380. The number of rotatable bonds is 1. The molecule has 0 amide bonds. The van der Waals surface area contributed by atoms with Crippen LogP contribution in [0.1, 0.15) is 19.3 Å². The van der Waals surface area contributed by atoms with Crippen molar-refractivity contribution in [3.63, 3.8) is 0 Å². The van der Waals surface area contributed by atoms with E-state index < -0.39 is 12.1 Å². The van der Waals surface area contributed by atoms with Crippen LogP contribution in [0.25, 0.3) is 0 Å². The minimum atomic E-state index is -0.914. The molecule has 3 unspecified atom stereocenters. The van der Waals surface area contributed by atoms with Gasteiger partial charge in [-0.15, -0.1) is 0 Å². The van der Waals surface area contributed by atoms with Gasteiger partial charge in [-0.2, -0.15) is 5.26 Å². The number of nitriles is 1. The number of hydrogen-bond donors (Lipinski definition) is 1. The molecule has 0 aromatic heterocycles. The van der Waals surface area contributed by atoms with Crippen molar-refractivity contribution in [1.82, 2.24) is 0 Å². The molecule has 3 heteroatoms. The van der Waals surface area contributed by atoms with Gasteiger partial charge in [-0.1, -0.05) is 0 Å². The monoisotopic (exact) mass is 156 g/mol. The molecule has 0 spiro atoms. The van der Waals surface area contributed by atoms with E-state index in [1.165, 1.54) is 0 Å². The first-order chi connectivity index (χ1) is 5.27. The standard InChI is InChI=1S/C8H13FN2/c9-8-2-1-6(4-10)3-7(8)5-11/h6-8H,1-4,10H2. The molecule has 2 N–H and O–H groups in total. The summed E-state index contributed by atoms with van der Waals surface area (Å²) in [7, 11) is 0. The van der Waals surface area contributed by atoms with E-state index in [1.807, 2.05) is 6.07 Å². The van der Waals surface area contributed by atoms with E-state index in [1.54, 1.807) is 0 Å². The molecule has 0 aromatic rings. The number of nitrogens with two attached hydrogens (primary N) is 1. The maximum absolute atomic E-state index is 12.9. The number of halogens is 1. The third-order valence-electron chi connectivity index (χ3n) is 2.37. The highest BCUT2D eigenvalue weighted by Crippen LogP contribution is 2.30. The van der Waals surface area contributed by atoms with Gasteiger partial charge < -0.3 is 5.73 Å². The van der Waals surface area contributed by atoms with E-state index in [-0.39, 0.29) is 0 Å². The lowest BCUT2D eigenvalue weighted by atomic mass is 9.81. The zero-order valence-corrected chi connectivity index (χ0v) is 6.46. The molecule has 62 valence electrons. The highest BCUT2D eigenvalue weighted by molar-refractivity contribution is 4.93. The summed E-state index contributed by atoms with van der Waals surface area (Å²) in [4.78, 5) is 0. The molecule has 2 nitrogen and oxygen atoms in total. The Balaban J connectivity index is 2.46. The third-order valence-corrected chi connectivity index (χ3v) is 2.37. The minimum Gasteiger partial charge on any atom is -0.330 e. The van der Waals surface area contributed by atoms with Crippen molar-refractivity contribution >= 4 is 0 Å². The molecule has 0 saturated heterocycles. The maximum atomic E-state index is 12.9. The van der Waals surface area contributed by atoms with Gasteiger partial charge in [-0.05, 0) is 31.7 Å². The SMILES string of the molecule is N#CC1CC(CN)CCC1F. The average Bonchev–Trinajstić information content (AvgIpc) is 2.05. The van der Waals surface area contributed by atoms with E-state index in [0.717, 1.165) is 6.42 Å². The van der Waals surface area contributed by atoms with E-state index in [4.69, 9.17) is 11.0 Å². The Morgan fingerprint density at radius 2 is 2.27 bits per heavy atom. The van der Waals surface area contributed by atoms with E-state index >= 15 is 0 Å². The van der Waals surface area contributed by atoms with Crippen molar-refractivity contribution in [2.45, 2.75) is 25.4 Å². The summed E-state index contributed by atoms with van der Waals surface area (Å²) in [6.07, 6.45) is 1.09. The lowest BCUT2D eigenvalue weighted by Crippen LogP contribution is -2.28. The first kappa shape index (κ1) is 8.48. The smallest absolute Gasteiger partial charge is 0.116 e. The summed E-state index contributed by atoms with van der Waals surface area (Å²) in [5.41, 5.74) is 5.43. The molecule has 3 atom stereocenters. The predicted molar refractivity (Wildman–Crippen MR) is 40.4 cm³/mol.